The van der Waals surface area contributed by atoms with E-state index in [0.29, 0.717) is 6.42 Å². The highest BCUT2D eigenvalue weighted by Gasteiger charge is 2.19. The Labute approximate surface area is 77.3 Å². The quantitative estimate of drug-likeness (QED) is 0.764. The van der Waals surface area contributed by atoms with Crippen LogP contribution in [0.3, 0.4) is 0 Å². The van der Waals surface area contributed by atoms with Crippen LogP contribution in [-0.4, -0.2) is 16.7 Å². The maximum absolute atomic E-state index is 8.79. The Bertz CT molecular complexity index is 249. The molecule has 0 aliphatic heterocycles. The molecule has 68 valence electrons. The zero-order valence-electron chi connectivity index (χ0n) is 7.79. The summed E-state index contributed by atoms with van der Waals surface area (Å²) in [5.41, 5.74) is 3.06. The molecule has 0 aliphatic carbocycles. The molecule has 3 heteroatoms. The first kappa shape index (κ1) is 9.68. The molecule has 1 aromatic rings. The minimum Gasteiger partial charge on any atom is -0.396 e. The summed E-state index contributed by atoms with van der Waals surface area (Å²) in [5, 5.41) is 8.79. The van der Waals surface area contributed by atoms with Gasteiger partial charge in [-0.25, -0.2) is 4.98 Å². The first-order valence-corrected chi connectivity index (χ1v) is 4.97. The molecule has 0 saturated carbocycles. The van der Waals surface area contributed by atoms with Gasteiger partial charge >= 0.3 is 0 Å². The van der Waals surface area contributed by atoms with Crippen LogP contribution in [0.2, 0.25) is 0 Å². The van der Waals surface area contributed by atoms with Gasteiger partial charge in [-0.1, -0.05) is 20.8 Å². The second kappa shape index (κ2) is 3.54. The zero-order valence-corrected chi connectivity index (χ0v) is 8.61. The van der Waals surface area contributed by atoms with E-state index in [1.54, 1.807) is 11.3 Å². The summed E-state index contributed by atoms with van der Waals surface area (Å²) in [5.74, 6) is 0. The largest absolute Gasteiger partial charge is 0.396 e. The molecule has 0 saturated heterocycles. The van der Waals surface area contributed by atoms with Crippen LogP contribution in [0, 0.1) is 0 Å². The van der Waals surface area contributed by atoms with Gasteiger partial charge in [-0.15, -0.1) is 11.3 Å². The topological polar surface area (TPSA) is 33.1 Å². The summed E-state index contributed by atoms with van der Waals surface area (Å²) in [6.45, 7) is 6.69. The number of aromatic nitrogens is 1. The molecule has 0 unspecified atom stereocenters. The van der Waals surface area contributed by atoms with Crippen LogP contribution in [0.5, 0.6) is 0 Å². The van der Waals surface area contributed by atoms with E-state index in [1.165, 1.54) is 4.88 Å². The second-order valence-corrected chi connectivity index (χ2v) is 4.71. The van der Waals surface area contributed by atoms with Crippen molar-refractivity contribution in [1.82, 2.24) is 4.98 Å². The van der Waals surface area contributed by atoms with Gasteiger partial charge in [-0.2, -0.15) is 0 Å². The fourth-order valence-electron chi connectivity index (χ4n) is 1.16. The Morgan fingerprint density at radius 1 is 1.50 bits per heavy atom. The number of nitrogens with zero attached hydrogens (tertiary/aromatic N) is 1. The lowest BCUT2D eigenvalue weighted by Gasteiger charge is -2.17. The van der Waals surface area contributed by atoms with E-state index < -0.39 is 0 Å². The van der Waals surface area contributed by atoms with E-state index >= 15 is 0 Å². The Morgan fingerprint density at radius 2 is 2.17 bits per heavy atom. The SMILES string of the molecule is CC(C)(C)c1scnc1CCO. The molecule has 0 spiro atoms. The predicted octanol–water partition coefficient (Wildman–Crippen LogP) is 1.98. The molecule has 2 nitrogen and oxygen atoms in total. The number of hydrogen-bond acceptors (Lipinski definition) is 3. The molecule has 12 heavy (non-hydrogen) atoms. The Kier molecular flexibility index (Phi) is 2.85. The molecular formula is C9H15NOS. The third-order valence-electron chi connectivity index (χ3n) is 1.67. The van der Waals surface area contributed by atoms with Crippen molar-refractivity contribution in [3.63, 3.8) is 0 Å². The molecule has 1 heterocycles. The van der Waals surface area contributed by atoms with Gasteiger partial charge in [0.25, 0.3) is 0 Å². The minimum absolute atomic E-state index is 0.158. The molecule has 0 bridgehead atoms. The molecule has 1 N–H and O–H groups in total. The van der Waals surface area contributed by atoms with Crippen molar-refractivity contribution < 1.29 is 5.11 Å². The van der Waals surface area contributed by atoms with Crippen molar-refractivity contribution in [1.29, 1.82) is 0 Å². The van der Waals surface area contributed by atoms with E-state index in [0.717, 1.165) is 5.69 Å². The van der Waals surface area contributed by atoms with Gasteiger partial charge in [0.05, 0.1) is 11.2 Å². The van der Waals surface area contributed by atoms with Crippen LogP contribution in [0.15, 0.2) is 5.51 Å². The number of hydrogen-bond donors (Lipinski definition) is 1. The van der Waals surface area contributed by atoms with E-state index in [-0.39, 0.29) is 12.0 Å². The van der Waals surface area contributed by atoms with E-state index in [9.17, 15) is 0 Å². The van der Waals surface area contributed by atoms with Gasteiger partial charge in [0.1, 0.15) is 0 Å². The summed E-state index contributed by atoms with van der Waals surface area (Å²) in [6, 6.07) is 0. The summed E-state index contributed by atoms with van der Waals surface area (Å²) in [4.78, 5) is 5.52. The highest BCUT2D eigenvalue weighted by atomic mass is 32.1. The average molecular weight is 185 g/mol. The predicted molar refractivity (Wildman–Crippen MR) is 51.6 cm³/mol. The maximum atomic E-state index is 8.79. The van der Waals surface area contributed by atoms with Crippen molar-refractivity contribution in [3.8, 4) is 0 Å². The van der Waals surface area contributed by atoms with Crippen molar-refractivity contribution in [2.75, 3.05) is 6.61 Å². The van der Waals surface area contributed by atoms with Gasteiger partial charge in [0.2, 0.25) is 0 Å². The number of rotatable bonds is 2. The van der Waals surface area contributed by atoms with Gasteiger partial charge in [-0.05, 0) is 5.41 Å². The van der Waals surface area contributed by atoms with Gasteiger partial charge in [-0.3, -0.25) is 0 Å². The fourth-order valence-corrected chi connectivity index (χ4v) is 2.09. The second-order valence-electron chi connectivity index (χ2n) is 3.85. The molecule has 0 amide bonds. The highest BCUT2D eigenvalue weighted by Crippen LogP contribution is 2.29. The molecule has 0 aliphatic rings. The van der Waals surface area contributed by atoms with E-state index in [2.05, 4.69) is 25.8 Å². The van der Waals surface area contributed by atoms with Gasteiger partial charge in [0.15, 0.2) is 0 Å². The van der Waals surface area contributed by atoms with Crippen LogP contribution in [0.1, 0.15) is 31.3 Å². The van der Waals surface area contributed by atoms with E-state index in [1.807, 2.05) is 5.51 Å². The lowest BCUT2D eigenvalue weighted by Crippen LogP contribution is -2.12. The van der Waals surface area contributed by atoms with Crippen LogP contribution < -0.4 is 0 Å². The Balaban J connectivity index is 2.91. The molecule has 0 aromatic carbocycles. The monoisotopic (exact) mass is 185 g/mol. The Hall–Kier alpha value is -0.410. The lowest BCUT2D eigenvalue weighted by atomic mass is 9.92. The van der Waals surface area contributed by atoms with Crippen LogP contribution in [0.25, 0.3) is 0 Å². The molecule has 0 fully saturated rings. The number of thiazole rings is 1. The maximum Gasteiger partial charge on any atom is 0.0797 e. The van der Waals surface area contributed by atoms with Crippen LogP contribution >= 0.6 is 11.3 Å². The molecule has 0 radical (unpaired) electrons. The first-order valence-electron chi connectivity index (χ1n) is 4.09. The van der Waals surface area contributed by atoms with Crippen molar-refractivity contribution in [2.45, 2.75) is 32.6 Å². The minimum atomic E-state index is 0.158. The standard InChI is InChI=1S/C9H15NOS/c1-9(2,3)8-7(4-5-11)10-6-12-8/h6,11H,4-5H2,1-3H3. The van der Waals surface area contributed by atoms with Crippen molar-refractivity contribution in [2.24, 2.45) is 0 Å². The number of aliphatic hydroxyl groups excluding tert-OH is 1. The van der Waals surface area contributed by atoms with Crippen molar-refractivity contribution >= 4 is 11.3 Å². The smallest absolute Gasteiger partial charge is 0.0797 e. The summed E-state index contributed by atoms with van der Waals surface area (Å²) in [7, 11) is 0. The summed E-state index contributed by atoms with van der Waals surface area (Å²) >= 11 is 1.67. The van der Waals surface area contributed by atoms with Crippen LogP contribution in [-0.2, 0) is 11.8 Å². The molecule has 1 rings (SSSR count). The molecule has 0 atom stereocenters. The normalized spacial score (nSPS) is 12.0. The summed E-state index contributed by atoms with van der Waals surface area (Å²) < 4.78 is 0. The Morgan fingerprint density at radius 3 is 2.67 bits per heavy atom. The highest BCUT2D eigenvalue weighted by molar-refractivity contribution is 7.09. The lowest BCUT2D eigenvalue weighted by molar-refractivity contribution is 0.297. The average Bonchev–Trinajstić information content (AvgIpc) is 2.34. The summed E-state index contributed by atoms with van der Waals surface area (Å²) in [6.07, 6.45) is 0.677. The fraction of sp³-hybridized carbons (Fsp3) is 0.667. The van der Waals surface area contributed by atoms with Crippen LogP contribution in [0.4, 0.5) is 0 Å². The van der Waals surface area contributed by atoms with Gasteiger partial charge in [0, 0.05) is 17.9 Å². The zero-order chi connectivity index (χ0) is 9.19. The molecular weight excluding hydrogens is 170 g/mol. The van der Waals surface area contributed by atoms with E-state index in [4.69, 9.17) is 5.11 Å². The number of aliphatic hydroxyl groups is 1. The van der Waals surface area contributed by atoms with Gasteiger partial charge < -0.3 is 5.11 Å². The first-order chi connectivity index (χ1) is 5.55. The van der Waals surface area contributed by atoms with Crippen molar-refractivity contribution in [3.05, 3.63) is 16.1 Å². The third kappa shape index (κ3) is 2.05. The molecule has 1 aromatic heterocycles. The third-order valence-corrected chi connectivity index (χ3v) is 2.97.